The lowest BCUT2D eigenvalue weighted by Crippen LogP contribution is -2.32. The molecule has 4 aromatic rings. The number of aromatic amines is 1. The molecule has 0 fully saturated rings. The highest BCUT2D eigenvalue weighted by Crippen LogP contribution is 2.31. The zero-order valence-corrected chi connectivity index (χ0v) is 19.2. The van der Waals surface area contributed by atoms with Crippen molar-refractivity contribution in [2.24, 2.45) is 0 Å². The summed E-state index contributed by atoms with van der Waals surface area (Å²) in [5.41, 5.74) is 4.49. The number of aromatic nitrogens is 1. The van der Waals surface area contributed by atoms with Crippen LogP contribution in [-0.4, -0.2) is 45.2 Å². The molecule has 6 heteroatoms. The van der Waals surface area contributed by atoms with Crippen molar-refractivity contribution in [1.82, 2.24) is 10.3 Å². The third kappa shape index (κ3) is 5.12. The van der Waals surface area contributed by atoms with Crippen LogP contribution in [0.2, 0.25) is 0 Å². The van der Waals surface area contributed by atoms with Gasteiger partial charge in [0.05, 0.1) is 7.11 Å². The van der Waals surface area contributed by atoms with Crippen LogP contribution in [0.5, 0.6) is 11.5 Å². The lowest BCUT2D eigenvalue weighted by atomic mass is 9.90. The molecule has 1 amide bonds. The average Bonchev–Trinajstić information content (AvgIpc) is 3.27. The predicted octanol–water partition coefficient (Wildman–Crippen LogP) is 4.57. The number of carbonyl (C=O) groups excluding carboxylic acids is 1. The summed E-state index contributed by atoms with van der Waals surface area (Å²) in [5, 5.41) is 4.20. The van der Waals surface area contributed by atoms with Crippen molar-refractivity contribution < 1.29 is 14.3 Å². The van der Waals surface area contributed by atoms with Gasteiger partial charge >= 0.3 is 0 Å². The van der Waals surface area contributed by atoms with Crippen LogP contribution in [0.15, 0.2) is 79.0 Å². The molecule has 0 aliphatic carbocycles. The third-order valence-electron chi connectivity index (χ3n) is 5.74. The quantitative estimate of drug-likeness (QED) is 0.398. The number of amides is 1. The minimum atomic E-state index is -0.185. The van der Waals surface area contributed by atoms with E-state index in [1.54, 1.807) is 19.2 Å². The zero-order valence-electron chi connectivity index (χ0n) is 19.2. The Balaban J connectivity index is 1.52. The number of para-hydroxylation sites is 3. The van der Waals surface area contributed by atoms with E-state index in [4.69, 9.17) is 9.47 Å². The number of H-pyrrole nitrogens is 1. The highest BCUT2D eigenvalue weighted by Gasteiger charge is 2.19. The molecule has 4 rings (SSSR count). The summed E-state index contributed by atoms with van der Waals surface area (Å²) in [5.74, 6) is 0.953. The van der Waals surface area contributed by atoms with Crippen LogP contribution in [0, 0.1) is 0 Å². The van der Waals surface area contributed by atoms with E-state index in [-0.39, 0.29) is 18.4 Å². The molecule has 0 saturated heterocycles. The van der Waals surface area contributed by atoms with Crippen LogP contribution in [0.4, 0.5) is 5.69 Å². The van der Waals surface area contributed by atoms with Gasteiger partial charge in [-0.3, -0.25) is 4.79 Å². The summed E-state index contributed by atoms with van der Waals surface area (Å²) in [4.78, 5) is 18.1. The van der Waals surface area contributed by atoms with E-state index in [0.717, 1.165) is 27.7 Å². The SMILES string of the molecule is COc1ccccc1OCC(=O)NCC(c1ccc(N(C)C)cc1)c1c[nH]c2ccccc12. The molecule has 0 aliphatic rings. The van der Waals surface area contributed by atoms with Gasteiger partial charge in [-0.25, -0.2) is 0 Å². The Kier molecular flexibility index (Phi) is 6.83. The van der Waals surface area contributed by atoms with E-state index >= 15 is 0 Å². The number of nitrogens with zero attached hydrogens (tertiary/aromatic N) is 1. The summed E-state index contributed by atoms with van der Waals surface area (Å²) < 4.78 is 11.0. The van der Waals surface area contributed by atoms with Gasteiger partial charge in [0.15, 0.2) is 18.1 Å². The minimum absolute atomic E-state index is 0.00688. The molecule has 170 valence electrons. The Hall–Kier alpha value is -3.93. The number of hydrogen-bond donors (Lipinski definition) is 2. The van der Waals surface area contributed by atoms with Gasteiger partial charge in [0.1, 0.15) is 0 Å². The third-order valence-corrected chi connectivity index (χ3v) is 5.74. The normalized spacial score (nSPS) is 11.7. The monoisotopic (exact) mass is 443 g/mol. The van der Waals surface area contributed by atoms with Gasteiger partial charge in [-0.05, 0) is 41.5 Å². The Morgan fingerprint density at radius 3 is 2.39 bits per heavy atom. The minimum Gasteiger partial charge on any atom is -0.493 e. The van der Waals surface area contributed by atoms with Gasteiger partial charge in [0.25, 0.3) is 5.91 Å². The van der Waals surface area contributed by atoms with E-state index in [9.17, 15) is 4.79 Å². The van der Waals surface area contributed by atoms with Gasteiger partial charge in [0, 0.05) is 49.3 Å². The first-order chi connectivity index (χ1) is 16.1. The first-order valence-electron chi connectivity index (χ1n) is 10.9. The molecule has 1 aromatic heterocycles. The van der Waals surface area contributed by atoms with Gasteiger partial charge < -0.3 is 24.7 Å². The molecule has 6 nitrogen and oxygen atoms in total. The summed E-state index contributed by atoms with van der Waals surface area (Å²) in [6, 6.07) is 24.0. The Morgan fingerprint density at radius 1 is 0.970 bits per heavy atom. The molecular formula is C27H29N3O3. The number of ether oxygens (including phenoxy) is 2. The highest BCUT2D eigenvalue weighted by atomic mass is 16.5. The van der Waals surface area contributed by atoms with Crippen molar-refractivity contribution in [3.63, 3.8) is 0 Å². The fourth-order valence-corrected chi connectivity index (χ4v) is 3.94. The summed E-state index contributed by atoms with van der Waals surface area (Å²) in [6.07, 6.45) is 2.03. The molecule has 1 unspecified atom stereocenters. The number of rotatable bonds is 9. The van der Waals surface area contributed by atoms with Crippen LogP contribution in [0.3, 0.4) is 0 Å². The van der Waals surface area contributed by atoms with E-state index in [1.165, 1.54) is 0 Å². The van der Waals surface area contributed by atoms with Crippen molar-refractivity contribution in [2.45, 2.75) is 5.92 Å². The number of hydrogen-bond acceptors (Lipinski definition) is 4. The summed E-state index contributed by atoms with van der Waals surface area (Å²) >= 11 is 0. The average molecular weight is 444 g/mol. The molecule has 0 saturated carbocycles. The van der Waals surface area contributed by atoms with E-state index in [0.29, 0.717) is 18.0 Å². The topological polar surface area (TPSA) is 66.6 Å². The molecule has 1 atom stereocenters. The fourth-order valence-electron chi connectivity index (χ4n) is 3.94. The van der Waals surface area contributed by atoms with Gasteiger partial charge in [-0.15, -0.1) is 0 Å². The maximum absolute atomic E-state index is 12.6. The number of anilines is 1. The molecule has 2 N–H and O–H groups in total. The second-order valence-electron chi connectivity index (χ2n) is 8.07. The second kappa shape index (κ2) is 10.1. The van der Waals surface area contributed by atoms with Crippen LogP contribution >= 0.6 is 0 Å². The molecule has 33 heavy (non-hydrogen) atoms. The van der Waals surface area contributed by atoms with Crippen molar-refractivity contribution in [1.29, 1.82) is 0 Å². The standard InChI is InChI=1S/C27H29N3O3/c1-30(2)20-14-12-19(13-15-20)22(23-17-28-24-9-5-4-8-21(23)24)16-29-27(31)18-33-26-11-7-6-10-25(26)32-3/h4-15,17,22,28H,16,18H2,1-3H3,(H,29,31). The highest BCUT2D eigenvalue weighted by molar-refractivity contribution is 5.84. The van der Waals surface area contributed by atoms with Crippen LogP contribution in [0.1, 0.15) is 17.0 Å². The van der Waals surface area contributed by atoms with Gasteiger partial charge in [-0.2, -0.15) is 0 Å². The maximum atomic E-state index is 12.6. The number of methoxy groups -OCH3 is 1. The van der Waals surface area contributed by atoms with Crippen molar-refractivity contribution in [3.05, 3.63) is 90.1 Å². The largest absolute Gasteiger partial charge is 0.493 e. The fraction of sp³-hybridized carbons (Fsp3) is 0.222. The number of fused-ring (bicyclic) bond motifs is 1. The first-order valence-corrected chi connectivity index (χ1v) is 10.9. The molecule has 1 heterocycles. The molecule has 3 aromatic carbocycles. The van der Waals surface area contributed by atoms with Crippen LogP contribution in [0.25, 0.3) is 10.9 Å². The Bertz CT molecular complexity index is 1210. The Morgan fingerprint density at radius 2 is 1.67 bits per heavy atom. The molecule has 0 bridgehead atoms. The zero-order chi connectivity index (χ0) is 23.2. The van der Waals surface area contributed by atoms with Crippen molar-refractivity contribution in [3.8, 4) is 11.5 Å². The molecule has 0 spiro atoms. The lowest BCUT2D eigenvalue weighted by Gasteiger charge is -2.20. The summed E-state index contributed by atoms with van der Waals surface area (Å²) in [7, 11) is 5.62. The number of nitrogens with one attached hydrogen (secondary N) is 2. The molecule has 0 radical (unpaired) electrons. The lowest BCUT2D eigenvalue weighted by molar-refractivity contribution is -0.123. The predicted molar refractivity (Wildman–Crippen MR) is 132 cm³/mol. The smallest absolute Gasteiger partial charge is 0.257 e. The van der Waals surface area contributed by atoms with Gasteiger partial charge in [-0.1, -0.05) is 42.5 Å². The molecular weight excluding hydrogens is 414 g/mol. The maximum Gasteiger partial charge on any atom is 0.257 e. The van der Waals surface area contributed by atoms with Crippen LogP contribution < -0.4 is 19.7 Å². The Labute approximate surface area is 194 Å². The van der Waals surface area contributed by atoms with Gasteiger partial charge in [0.2, 0.25) is 0 Å². The van der Waals surface area contributed by atoms with E-state index in [2.05, 4.69) is 51.6 Å². The van der Waals surface area contributed by atoms with Crippen molar-refractivity contribution in [2.75, 3.05) is 39.3 Å². The van der Waals surface area contributed by atoms with Crippen LogP contribution in [-0.2, 0) is 4.79 Å². The van der Waals surface area contributed by atoms with Crippen molar-refractivity contribution >= 4 is 22.5 Å². The summed E-state index contributed by atoms with van der Waals surface area (Å²) in [6.45, 7) is 0.373. The number of benzene rings is 3. The number of carbonyl (C=O) groups is 1. The van der Waals surface area contributed by atoms with E-state index in [1.807, 2.05) is 44.6 Å². The molecule has 0 aliphatic heterocycles. The van der Waals surface area contributed by atoms with E-state index < -0.39 is 0 Å². The second-order valence-corrected chi connectivity index (χ2v) is 8.07. The first kappa shape index (κ1) is 22.3.